The van der Waals surface area contributed by atoms with E-state index in [1.165, 1.54) is 18.4 Å². The lowest BCUT2D eigenvalue weighted by Gasteiger charge is -2.11. The van der Waals surface area contributed by atoms with Crippen LogP contribution in [0.2, 0.25) is 0 Å². The molecule has 0 radical (unpaired) electrons. The Bertz CT molecular complexity index is 285. The van der Waals surface area contributed by atoms with E-state index in [2.05, 4.69) is 48.5 Å². The van der Waals surface area contributed by atoms with Gasteiger partial charge < -0.3 is 4.90 Å². The fourth-order valence-electron chi connectivity index (χ4n) is 1.37. The fourth-order valence-corrected chi connectivity index (χ4v) is 1.37. The molecule has 0 atom stereocenters. The first-order chi connectivity index (χ1) is 6.36. The largest absolute Gasteiger partial charge is 0.377 e. The molecule has 0 unspecified atom stereocenters. The van der Waals surface area contributed by atoms with Crippen LogP contribution in [0, 0.1) is 0 Å². The summed E-state index contributed by atoms with van der Waals surface area (Å²) in [7, 11) is 2.15. The normalized spacial score (nSPS) is 16.4. The van der Waals surface area contributed by atoms with Crippen molar-refractivity contribution in [1.29, 1.82) is 0 Å². The van der Waals surface area contributed by atoms with Gasteiger partial charge in [-0.1, -0.05) is 30.3 Å². The summed E-state index contributed by atoms with van der Waals surface area (Å²) in [6.45, 7) is 0. The summed E-state index contributed by atoms with van der Waals surface area (Å²) in [5.41, 5.74) is 1.27. The minimum absolute atomic E-state index is 0.806. The molecule has 1 aromatic rings. The predicted molar refractivity (Wildman–Crippen MR) is 56.3 cm³/mol. The molecule has 1 fully saturated rings. The molecule has 1 aliphatic carbocycles. The minimum atomic E-state index is 0.806. The number of nitrogens with zero attached hydrogens (tertiary/aromatic N) is 1. The van der Waals surface area contributed by atoms with Gasteiger partial charge in [0.05, 0.1) is 0 Å². The van der Waals surface area contributed by atoms with Gasteiger partial charge in [0.25, 0.3) is 0 Å². The fraction of sp³-hybridized carbons (Fsp3) is 0.333. The zero-order valence-electron chi connectivity index (χ0n) is 7.98. The van der Waals surface area contributed by atoms with E-state index in [0.29, 0.717) is 0 Å². The Morgan fingerprint density at radius 1 is 1.23 bits per heavy atom. The van der Waals surface area contributed by atoms with Gasteiger partial charge in [-0.3, -0.25) is 0 Å². The Labute approximate surface area is 79.7 Å². The third-order valence-corrected chi connectivity index (χ3v) is 2.42. The molecule has 1 heteroatoms. The van der Waals surface area contributed by atoms with E-state index in [1.807, 2.05) is 6.07 Å². The van der Waals surface area contributed by atoms with Crippen LogP contribution in [0.5, 0.6) is 0 Å². The topological polar surface area (TPSA) is 3.24 Å². The Hall–Kier alpha value is -1.24. The first-order valence-corrected chi connectivity index (χ1v) is 4.81. The second kappa shape index (κ2) is 3.65. The van der Waals surface area contributed by atoms with Gasteiger partial charge in [0.15, 0.2) is 0 Å². The maximum absolute atomic E-state index is 2.30. The molecule has 1 nitrogen and oxygen atoms in total. The van der Waals surface area contributed by atoms with Crippen LogP contribution in [0.1, 0.15) is 18.4 Å². The van der Waals surface area contributed by atoms with Crippen LogP contribution in [0.15, 0.2) is 36.5 Å². The molecule has 68 valence electrons. The van der Waals surface area contributed by atoms with E-state index in [4.69, 9.17) is 0 Å². The first-order valence-electron chi connectivity index (χ1n) is 4.81. The molecule has 1 aromatic carbocycles. The van der Waals surface area contributed by atoms with Crippen molar-refractivity contribution in [3.8, 4) is 0 Å². The van der Waals surface area contributed by atoms with Gasteiger partial charge in [0.1, 0.15) is 0 Å². The van der Waals surface area contributed by atoms with Crippen LogP contribution in [0.3, 0.4) is 0 Å². The van der Waals surface area contributed by atoms with Crippen LogP contribution in [0.25, 0.3) is 6.08 Å². The van der Waals surface area contributed by atoms with Gasteiger partial charge in [-0.15, -0.1) is 0 Å². The molecule has 0 saturated heterocycles. The maximum atomic E-state index is 2.30. The zero-order valence-corrected chi connectivity index (χ0v) is 7.98. The van der Waals surface area contributed by atoms with Crippen LogP contribution in [-0.2, 0) is 0 Å². The standard InChI is InChI=1S/C12H15N/c1-13(12-7-8-12)10-9-11-5-3-2-4-6-11/h2-6,9-10,12H,7-8H2,1H3. The van der Waals surface area contributed by atoms with Crippen molar-refractivity contribution in [2.75, 3.05) is 7.05 Å². The number of hydrogen-bond acceptors (Lipinski definition) is 1. The highest BCUT2D eigenvalue weighted by Crippen LogP contribution is 2.25. The average molecular weight is 173 g/mol. The molecule has 0 aromatic heterocycles. The lowest BCUT2D eigenvalue weighted by Crippen LogP contribution is -2.12. The summed E-state index contributed by atoms with van der Waals surface area (Å²) in [6, 6.07) is 11.2. The molecule has 0 spiro atoms. The van der Waals surface area contributed by atoms with E-state index in [0.717, 1.165) is 6.04 Å². The Morgan fingerprint density at radius 2 is 1.92 bits per heavy atom. The van der Waals surface area contributed by atoms with Crippen molar-refractivity contribution in [2.24, 2.45) is 0 Å². The summed E-state index contributed by atoms with van der Waals surface area (Å²) in [5.74, 6) is 0. The van der Waals surface area contributed by atoms with Crippen molar-refractivity contribution in [1.82, 2.24) is 4.90 Å². The first kappa shape index (κ1) is 8.36. The highest BCUT2D eigenvalue weighted by Gasteiger charge is 2.23. The second-order valence-electron chi connectivity index (χ2n) is 3.62. The molecule has 1 saturated carbocycles. The molecule has 0 amide bonds. The quantitative estimate of drug-likeness (QED) is 0.679. The van der Waals surface area contributed by atoms with E-state index >= 15 is 0 Å². The van der Waals surface area contributed by atoms with Crippen molar-refractivity contribution >= 4 is 6.08 Å². The lowest BCUT2D eigenvalue weighted by atomic mass is 10.2. The average Bonchev–Trinajstić information content (AvgIpc) is 2.99. The van der Waals surface area contributed by atoms with Gasteiger partial charge in [0, 0.05) is 13.1 Å². The van der Waals surface area contributed by atoms with Crippen LogP contribution in [-0.4, -0.2) is 18.0 Å². The van der Waals surface area contributed by atoms with Crippen LogP contribution >= 0.6 is 0 Å². The lowest BCUT2D eigenvalue weighted by molar-refractivity contribution is 0.449. The predicted octanol–water partition coefficient (Wildman–Crippen LogP) is 2.75. The van der Waals surface area contributed by atoms with Crippen molar-refractivity contribution in [3.05, 3.63) is 42.1 Å². The molecular weight excluding hydrogens is 158 g/mol. The van der Waals surface area contributed by atoms with Crippen LogP contribution < -0.4 is 0 Å². The molecule has 13 heavy (non-hydrogen) atoms. The smallest absolute Gasteiger partial charge is 0.0282 e. The number of hydrogen-bond donors (Lipinski definition) is 0. The molecule has 0 heterocycles. The van der Waals surface area contributed by atoms with E-state index in [1.54, 1.807) is 0 Å². The van der Waals surface area contributed by atoms with Gasteiger partial charge >= 0.3 is 0 Å². The second-order valence-corrected chi connectivity index (χ2v) is 3.62. The van der Waals surface area contributed by atoms with Crippen molar-refractivity contribution in [3.63, 3.8) is 0 Å². The summed E-state index contributed by atoms with van der Waals surface area (Å²) in [4.78, 5) is 2.30. The Kier molecular flexibility index (Phi) is 2.35. The van der Waals surface area contributed by atoms with Gasteiger partial charge in [0.2, 0.25) is 0 Å². The van der Waals surface area contributed by atoms with Crippen LogP contribution in [0.4, 0.5) is 0 Å². The monoisotopic (exact) mass is 173 g/mol. The van der Waals surface area contributed by atoms with Crippen molar-refractivity contribution in [2.45, 2.75) is 18.9 Å². The highest BCUT2D eigenvalue weighted by molar-refractivity contribution is 5.48. The number of benzene rings is 1. The molecule has 0 bridgehead atoms. The maximum Gasteiger partial charge on any atom is 0.0282 e. The van der Waals surface area contributed by atoms with Gasteiger partial charge in [-0.05, 0) is 30.7 Å². The van der Waals surface area contributed by atoms with Gasteiger partial charge in [-0.2, -0.15) is 0 Å². The van der Waals surface area contributed by atoms with E-state index < -0.39 is 0 Å². The molecular formula is C12H15N. The Balaban J connectivity index is 1.96. The molecule has 0 N–H and O–H groups in total. The number of rotatable bonds is 3. The summed E-state index contributed by atoms with van der Waals surface area (Å²) in [6.07, 6.45) is 7.05. The SMILES string of the molecule is CN(C=Cc1ccccc1)C1CC1. The summed E-state index contributed by atoms with van der Waals surface area (Å²) in [5, 5.41) is 0. The summed E-state index contributed by atoms with van der Waals surface area (Å²) >= 11 is 0. The zero-order chi connectivity index (χ0) is 9.10. The molecule has 2 rings (SSSR count). The van der Waals surface area contributed by atoms with E-state index in [-0.39, 0.29) is 0 Å². The highest BCUT2D eigenvalue weighted by atomic mass is 15.1. The summed E-state index contributed by atoms with van der Waals surface area (Å²) < 4.78 is 0. The van der Waals surface area contributed by atoms with Crippen molar-refractivity contribution < 1.29 is 0 Å². The minimum Gasteiger partial charge on any atom is -0.377 e. The Morgan fingerprint density at radius 3 is 2.54 bits per heavy atom. The molecule has 1 aliphatic rings. The van der Waals surface area contributed by atoms with Gasteiger partial charge in [-0.25, -0.2) is 0 Å². The third-order valence-electron chi connectivity index (χ3n) is 2.42. The third kappa shape index (κ3) is 2.35. The van der Waals surface area contributed by atoms with E-state index in [9.17, 15) is 0 Å². The molecule has 0 aliphatic heterocycles.